The van der Waals surface area contributed by atoms with Crippen LogP contribution in [0.15, 0.2) is 0 Å². The lowest BCUT2D eigenvalue weighted by Crippen LogP contribution is -2.33. The van der Waals surface area contributed by atoms with Crippen LogP contribution in [0.4, 0.5) is 0 Å². The van der Waals surface area contributed by atoms with Crippen molar-refractivity contribution in [3.05, 3.63) is 0 Å². The van der Waals surface area contributed by atoms with Gasteiger partial charge in [0.25, 0.3) is 0 Å². The van der Waals surface area contributed by atoms with E-state index in [9.17, 15) is 0 Å². The summed E-state index contributed by atoms with van der Waals surface area (Å²) in [6.45, 7) is 12.8. The molecule has 3 nitrogen and oxygen atoms in total. The molecule has 3 heteroatoms. The highest BCUT2D eigenvalue weighted by molar-refractivity contribution is 4.70. The molecule has 0 bridgehead atoms. The molecule has 0 aliphatic heterocycles. The van der Waals surface area contributed by atoms with Gasteiger partial charge in [0, 0.05) is 26.2 Å². The van der Waals surface area contributed by atoms with Crippen molar-refractivity contribution in [2.45, 2.75) is 78.6 Å². The lowest BCUT2D eigenvalue weighted by molar-refractivity contribution is -0.177. The average molecular weight is 260 g/mol. The molecule has 0 spiro atoms. The molecule has 0 saturated heterocycles. The van der Waals surface area contributed by atoms with Crippen molar-refractivity contribution >= 4 is 0 Å². The van der Waals surface area contributed by atoms with Crippen molar-refractivity contribution in [1.82, 2.24) is 0 Å². The highest BCUT2D eigenvalue weighted by atomic mass is 16.7. The van der Waals surface area contributed by atoms with E-state index in [2.05, 4.69) is 27.7 Å². The predicted molar refractivity (Wildman–Crippen MR) is 75.8 cm³/mol. The maximum Gasteiger partial charge on any atom is 0.160 e. The summed E-state index contributed by atoms with van der Waals surface area (Å²) in [5, 5.41) is 0. The number of unbranched alkanes of at least 4 members (excludes halogenated alkanes) is 2. The van der Waals surface area contributed by atoms with Gasteiger partial charge in [-0.25, -0.2) is 0 Å². The summed E-state index contributed by atoms with van der Waals surface area (Å²) in [7, 11) is 0. The van der Waals surface area contributed by atoms with Crippen LogP contribution in [0.3, 0.4) is 0 Å². The minimum absolute atomic E-state index is 0.135. The lowest BCUT2D eigenvalue weighted by Gasteiger charge is -2.29. The Morgan fingerprint density at radius 3 is 1.78 bits per heavy atom. The number of rotatable bonds is 12. The Labute approximate surface area is 113 Å². The molecule has 0 heterocycles. The van der Waals surface area contributed by atoms with E-state index in [0.717, 1.165) is 51.9 Å². The van der Waals surface area contributed by atoms with Crippen molar-refractivity contribution in [1.29, 1.82) is 0 Å². The molecule has 0 saturated carbocycles. The molecular formula is C15H32O3. The first-order valence-electron chi connectivity index (χ1n) is 7.42. The smallest absolute Gasteiger partial charge is 0.160 e. The van der Waals surface area contributed by atoms with E-state index >= 15 is 0 Å². The fraction of sp³-hybridized carbons (Fsp3) is 1.00. The van der Waals surface area contributed by atoms with Crippen LogP contribution >= 0.6 is 0 Å². The first-order chi connectivity index (χ1) is 8.55. The van der Waals surface area contributed by atoms with Crippen molar-refractivity contribution in [3.63, 3.8) is 0 Å². The predicted octanol–water partition coefficient (Wildman–Crippen LogP) is 4.15. The third-order valence-corrected chi connectivity index (χ3v) is 2.80. The van der Waals surface area contributed by atoms with E-state index in [1.807, 2.05) is 6.92 Å². The van der Waals surface area contributed by atoms with Gasteiger partial charge in [-0.3, -0.25) is 0 Å². The summed E-state index contributed by atoms with van der Waals surface area (Å²) in [6, 6.07) is 0. The third-order valence-electron chi connectivity index (χ3n) is 2.80. The molecule has 0 unspecified atom stereocenters. The van der Waals surface area contributed by atoms with Gasteiger partial charge in [0.2, 0.25) is 0 Å². The third kappa shape index (κ3) is 9.86. The fourth-order valence-electron chi connectivity index (χ4n) is 1.74. The summed E-state index contributed by atoms with van der Waals surface area (Å²) in [4.78, 5) is 0. The van der Waals surface area contributed by atoms with E-state index in [4.69, 9.17) is 14.2 Å². The molecule has 0 fully saturated rings. The first-order valence-corrected chi connectivity index (χ1v) is 7.42. The van der Waals surface area contributed by atoms with E-state index in [-0.39, 0.29) is 11.9 Å². The zero-order valence-corrected chi connectivity index (χ0v) is 13.0. The topological polar surface area (TPSA) is 27.7 Å². The monoisotopic (exact) mass is 260 g/mol. The van der Waals surface area contributed by atoms with Gasteiger partial charge >= 0.3 is 0 Å². The highest BCUT2D eigenvalue weighted by Crippen LogP contribution is 2.20. The molecule has 0 aromatic heterocycles. The maximum absolute atomic E-state index is 5.81. The Hall–Kier alpha value is -0.120. The van der Waals surface area contributed by atoms with Crippen molar-refractivity contribution in [2.75, 3.05) is 19.8 Å². The van der Waals surface area contributed by atoms with Crippen LogP contribution in [0, 0.1) is 0 Å². The average Bonchev–Trinajstić information content (AvgIpc) is 2.28. The first kappa shape index (κ1) is 17.9. The summed E-state index contributed by atoms with van der Waals surface area (Å²) < 4.78 is 17.3. The molecule has 0 rings (SSSR count). The van der Waals surface area contributed by atoms with Crippen LogP contribution in [-0.4, -0.2) is 31.7 Å². The second-order valence-electron chi connectivity index (χ2n) is 5.28. The second-order valence-corrected chi connectivity index (χ2v) is 5.28. The van der Waals surface area contributed by atoms with Crippen molar-refractivity contribution in [2.24, 2.45) is 0 Å². The Kier molecular flexibility index (Phi) is 10.7. The van der Waals surface area contributed by atoms with Gasteiger partial charge in [0.05, 0.1) is 5.60 Å². The van der Waals surface area contributed by atoms with Crippen LogP contribution in [-0.2, 0) is 14.2 Å². The number of hydrogen-bond donors (Lipinski definition) is 0. The van der Waals surface area contributed by atoms with Crippen LogP contribution < -0.4 is 0 Å². The van der Waals surface area contributed by atoms with E-state index in [1.165, 1.54) is 0 Å². The Bertz CT molecular complexity index is 171. The molecule has 0 aromatic carbocycles. The zero-order chi connectivity index (χ0) is 13.9. The van der Waals surface area contributed by atoms with E-state index in [1.54, 1.807) is 0 Å². The maximum atomic E-state index is 5.81. The largest absolute Gasteiger partial charge is 0.376 e. The molecule has 18 heavy (non-hydrogen) atoms. The normalized spacial score (nSPS) is 12.3. The van der Waals surface area contributed by atoms with Crippen LogP contribution in [0.5, 0.6) is 0 Å². The number of ether oxygens (including phenoxy) is 3. The quantitative estimate of drug-likeness (QED) is 0.390. The molecular weight excluding hydrogens is 228 g/mol. The van der Waals surface area contributed by atoms with Gasteiger partial charge in [0.1, 0.15) is 0 Å². The van der Waals surface area contributed by atoms with Gasteiger partial charge in [0.15, 0.2) is 6.29 Å². The zero-order valence-electron chi connectivity index (χ0n) is 13.0. The molecule has 110 valence electrons. The summed E-state index contributed by atoms with van der Waals surface area (Å²) in [5.41, 5.74) is -0.183. The standard InChI is InChI=1S/C15H32O3/c1-6-9-11-16-14(17-12-10-7-2)13-15(4,5)18-8-3/h14H,6-13H2,1-5H3. The van der Waals surface area contributed by atoms with Crippen LogP contribution in [0.25, 0.3) is 0 Å². The van der Waals surface area contributed by atoms with Gasteiger partial charge in [-0.05, 0) is 33.6 Å². The molecule has 0 aliphatic carbocycles. The minimum Gasteiger partial charge on any atom is -0.376 e. The van der Waals surface area contributed by atoms with Crippen LogP contribution in [0.1, 0.15) is 66.7 Å². The summed E-state index contributed by atoms with van der Waals surface area (Å²) >= 11 is 0. The van der Waals surface area contributed by atoms with Crippen LogP contribution in [0.2, 0.25) is 0 Å². The minimum atomic E-state index is -0.183. The van der Waals surface area contributed by atoms with Crippen molar-refractivity contribution < 1.29 is 14.2 Å². The van der Waals surface area contributed by atoms with Crippen molar-refractivity contribution in [3.8, 4) is 0 Å². The van der Waals surface area contributed by atoms with Gasteiger partial charge < -0.3 is 14.2 Å². The van der Waals surface area contributed by atoms with E-state index in [0.29, 0.717) is 0 Å². The van der Waals surface area contributed by atoms with E-state index < -0.39 is 0 Å². The Balaban J connectivity index is 4.08. The second kappa shape index (κ2) is 10.8. The highest BCUT2D eigenvalue weighted by Gasteiger charge is 2.24. The molecule has 0 radical (unpaired) electrons. The molecule has 0 amide bonds. The molecule has 0 aliphatic rings. The Morgan fingerprint density at radius 1 is 0.889 bits per heavy atom. The molecule has 0 atom stereocenters. The molecule has 0 N–H and O–H groups in total. The summed E-state index contributed by atoms with van der Waals surface area (Å²) in [5.74, 6) is 0. The lowest BCUT2D eigenvalue weighted by atomic mass is 10.0. The SMILES string of the molecule is CCCCOC(CC(C)(C)OCC)OCCCC. The molecule has 0 aromatic rings. The number of hydrogen-bond acceptors (Lipinski definition) is 3. The van der Waals surface area contributed by atoms with Gasteiger partial charge in [-0.15, -0.1) is 0 Å². The van der Waals surface area contributed by atoms with Gasteiger partial charge in [-0.1, -0.05) is 26.7 Å². The van der Waals surface area contributed by atoms with Gasteiger partial charge in [-0.2, -0.15) is 0 Å². The Morgan fingerprint density at radius 2 is 1.39 bits per heavy atom. The summed E-state index contributed by atoms with van der Waals surface area (Å²) in [6.07, 6.45) is 5.12. The fourth-order valence-corrected chi connectivity index (χ4v) is 1.74.